The molecule has 0 aliphatic carbocycles. The van der Waals surface area contributed by atoms with E-state index in [9.17, 15) is 19.2 Å². The summed E-state index contributed by atoms with van der Waals surface area (Å²) in [5, 5.41) is 2.69. The number of nitrogens with one attached hydrogen (secondary N) is 1. The van der Waals surface area contributed by atoms with Crippen LogP contribution in [0.25, 0.3) is 0 Å². The molecule has 0 saturated heterocycles. The van der Waals surface area contributed by atoms with Gasteiger partial charge < -0.3 is 10.2 Å². The molecule has 0 aliphatic rings. The van der Waals surface area contributed by atoms with Crippen LogP contribution >= 0.6 is 0 Å². The summed E-state index contributed by atoms with van der Waals surface area (Å²) in [4.78, 5) is 49.2. The van der Waals surface area contributed by atoms with Gasteiger partial charge in [0.1, 0.15) is 5.78 Å². The fourth-order valence-electron chi connectivity index (χ4n) is 3.34. The summed E-state index contributed by atoms with van der Waals surface area (Å²) in [6.45, 7) is 7.89. The van der Waals surface area contributed by atoms with Crippen LogP contribution in [0.4, 0.5) is 5.69 Å². The lowest BCUT2D eigenvalue weighted by molar-refractivity contribution is -0.125. The van der Waals surface area contributed by atoms with E-state index in [-0.39, 0.29) is 35.8 Å². The summed E-state index contributed by atoms with van der Waals surface area (Å²) in [6, 6.07) is 9.58. The third-order valence-electron chi connectivity index (χ3n) is 5.57. The van der Waals surface area contributed by atoms with Crippen molar-refractivity contribution in [2.45, 2.75) is 98.3 Å². The highest BCUT2D eigenvalue weighted by atomic mass is 16.2. The highest BCUT2D eigenvalue weighted by molar-refractivity contribution is 5.92. The molecule has 0 bridgehead atoms. The summed E-state index contributed by atoms with van der Waals surface area (Å²) < 4.78 is 0. The van der Waals surface area contributed by atoms with Crippen LogP contribution in [0.1, 0.15) is 98.3 Å². The van der Waals surface area contributed by atoms with Gasteiger partial charge in [0.2, 0.25) is 11.8 Å². The summed E-state index contributed by atoms with van der Waals surface area (Å²) in [7, 11) is 1.79. The van der Waals surface area contributed by atoms with Gasteiger partial charge in [0, 0.05) is 44.3 Å². The lowest BCUT2D eigenvalue weighted by Crippen LogP contribution is -2.29. The molecule has 1 rings (SSSR count). The first kappa shape index (κ1) is 31.5. The minimum Gasteiger partial charge on any atom is -0.349 e. The van der Waals surface area contributed by atoms with Gasteiger partial charge in [-0.2, -0.15) is 0 Å². The molecule has 0 atom stereocenters. The topological polar surface area (TPSA) is 83.5 Å². The van der Waals surface area contributed by atoms with E-state index in [2.05, 4.69) is 5.32 Å². The average molecular weight is 475 g/mol. The number of carbonyl (C=O) groups excluding carboxylic acids is 4. The zero-order valence-electron chi connectivity index (χ0n) is 22.0. The molecule has 0 spiro atoms. The Labute approximate surface area is 206 Å². The number of amides is 2. The summed E-state index contributed by atoms with van der Waals surface area (Å²) in [5.41, 5.74) is 0.895. The van der Waals surface area contributed by atoms with Crippen LogP contribution in [0.5, 0.6) is 0 Å². The Morgan fingerprint density at radius 2 is 1.29 bits per heavy atom. The van der Waals surface area contributed by atoms with E-state index in [0.717, 1.165) is 50.6 Å². The zero-order valence-corrected chi connectivity index (χ0v) is 22.0. The summed E-state index contributed by atoms with van der Waals surface area (Å²) in [5.74, 6) is 0.385. The molecule has 1 aromatic rings. The zero-order chi connectivity index (χ0) is 25.8. The molecule has 1 N–H and O–H groups in total. The molecule has 0 heterocycles. The summed E-state index contributed by atoms with van der Waals surface area (Å²) >= 11 is 0. The van der Waals surface area contributed by atoms with Crippen molar-refractivity contribution >= 4 is 29.1 Å². The number of anilines is 1. The highest BCUT2D eigenvalue weighted by Crippen LogP contribution is 2.14. The fraction of sp³-hybridized carbons (Fsp3) is 0.643. The molecule has 0 aliphatic heterocycles. The number of Topliss-reactive ketones (excluding diaryl/α,β-unsaturated/α-hetero) is 2. The van der Waals surface area contributed by atoms with Gasteiger partial charge in [-0.05, 0) is 37.8 Å². The van der Waals surface area contributed by atoms with E-state index in [1.165, 1.54) is 0 Å². The molecular formula is C28H46N2O4. The van der Waals surface area contributed by atoms with Crippen molar-refractivity contribution in [1.82, 2.24) is 5.32 Å². The first-order valence-corrected chi connectivity index (χ1v) is 12.9. The number of para-hydroxylation sites is 1. The Kier molecular flexibility index (Phi) is 18.5. The third-order valence-corrected chi connectivity index (χ3v) is 5.57. The average Bonchev–Trinajstić information content (AvgIpc) is 2.85. The predicted molar refractivity (Wildman–Crippen MR) is 140 cm³/mol. The van der Waals surface area contributed by atoms with E-state index in [4.69, 9.17) is 0 Å². The second-order valence-electron chi connectivity index (χ2n) is 8.70. The first-order valence-electron chi connectivity index (χ1n) is 12.9. The Morgan fingerprint density at radius 3 is 1.91 bits per heavy atom. The Bertz CT molecular complexity index is 716. The number of hydrogen-bond donors (Lipinski definition) is 1. The third kappa shape index (κ3) is 15.4. The molecule has 1 aromatic carbocycles. The minimum absolute atomic E-state index is 0.0424. The maximum Gasteiger partial charge on any atom is 0.226 e. The van der Waals surface area contributed by atoms with Crippen molar-refractivity contribution in [3.05, 3.63) is 30.3 Å². The van der Waals surface area contributed by atoms with Gasteiger partial charge in [-0.25, -0.2) is 0 Å². The maximum atomic E-state index is 12.2. The smallest absolute Gasteiger partial charge is 0.226 e. The van der Waals surface area contributed by atoms with Gasteiger partial charge in [-0.1, -0.05) is 65.2 Å². The predicted octanol–water partition coefficient (Wildman–Crippen LogP) is 5.88. The number of hydrogen-bond acceptors (Lipinski definition) is 4. The number of benzene rings is 1. The van der Waals surface area contributed by atoms with Gasteiger partial charge in [0.15, 0.2) is 5.78 Å². The second-order valence-corrected chi connectivity index (χ2v) is 8.70. The molecule has 0 unspecified atom stereocenters. The quantitative estimate of drug-likeness (QED) is 0.286. The molecule has 0 fully saturated rings. The van der Waals surface area contributed by atoms with E-state index in [1.54, 1.807) is 11.9 Å². The van der Waals surface area contributed by atoms with Crippen molar-refractivity contribution in [3.8, 4) is 0 Å². The second kappa shape index (κ2) is 19.9. The Hall–Kier alpha value is -2.50. The highest BCUT2D eigenvalue weighted by Gasteiger charge is 2.10. The van der Waals surface area contributed by atoms with Crippen LogP contribution in [-0.4, -0.2) is 37.0 Å². The monoisotopic (exact) mass is 474 g/mol. The molecule has 0 radical (unpaired) electrons. The van der Waals surface area contributed by atoms with Gasteiger partial charge in [0.25, 0.3) is 0 Å². The normalized spacial score (nSPS) is 10.3. The van der Waals surface area contributed by atoms with Gasteiger partial charge >= 0.3 is 0 Å². The first-order chi connectivity index (χ1) is 16.3. The number of ketones is 2. The van der Waals surface area contributed by atoms with Crippen LogP contribution < -0.4 is 10.2 Å². The fourth-order valence-corrected chi connectivity index (χ4v) is 3.34. The van der Waals surface area contributed by atoms with Gasteiger partial charge in [-0.15, -0.1) is 0 Å². The molecule has 6 heteroatoms. The van der Waals surface area contributed by atoms with E-state index in [0.29, 0.717) is 25.7 Å². The number of unbranched alkanes of at least 4 members (excludes halogenated alkanes) is 5. The molecule has 34 heavy (non-hydrogen) atoms. The number of carbonyl (C=O) groups is 4. The Morgan fingerprint density at radius 1 is 0.765 bits per heavy atom. The molecule has 0 saturated carbocycles. The van der Waals surface area contributed by atoms with Gasteiger partial charge in [0.05, 0.1) is 6.54 Å². The van der Waals surface area contributed by atoms with Crippen molar-refractivity contribution in [2.75, 3.05) is 18.5 Å². The molecule has 2 amide bonds. The van der Waals surface area contributed by atoms with Crippen LogP contribution in [0.3, 0.4) is 0 Å². The lowest BCUT2D eigenvalue weighted by Gasteiger charge is -2.17. The van der Waals surface area contributed by atoms with E-state index < -0.39 is 0 Å². The van der Waals surface area contributed by atoms with Crippen molar-refractivity contribution in [3.63, 3.8) is 0 Å². The molecule has 6 nitrogen and oxygen atoms in total. The van der Waals surface area contributed by atoms with Gasteiger partial charge in [-0.3, -0.25) is 19.2 Å². The standard InChI is InChI=1S/C26H40N2O4.C2H6/c1-21(2)24(30)17-11-7-12-18-25(31)27-20-23(29)16-10-4-5-13-19-26(32)28(3)22-14-8-6-9-15-22;1-2/h6,8-9,14-15,21H,4-5,7,10-13,16-20H2,1-3H3,(H,27,31);1-2H3. The number of nitrogens with zero attached hydrogens (tertiary/aromatic N) is 1. The van der Waals surface area contributed by atoms with Crippen LogP contribution in [0.15, 0.2) is 30.3 Å². The molecule has 0 aromatic heterocycles. The summed E-state index contributed by atoms with van der Waals surface area (Å²) in [6.07, 6.45) is 7.74. The van der Waals surface area contributed by atoms with Crippen LogP contribution in [-0.2, 0) is 19.2 Å². The van der Waals surface area contributed by atoms with Crippen molar-refractivity contribution in [1.29, 1.82) is 0 Å². The van der Waals surface area contributed by atoms with E-state index >= 15 is 0 Å². The van der Waals surface area contributed by atoms with Crippen LogP contribution in [0.2, 0.25) is 0 Å². The minimum atomic E-state index is -0.102. The van der Waals surface area contributed by atoms with Crippen molar-refractivity contribution in [2.24, 2.45) is 5.92 Å². The van der Waals surface area contributed by atoms with Crippen molar-refractivity contribution < 1.29 is 19.2 Å². The SMILES string of the molecule is CC.CC(C)C(=O)CCCCCC(=O)NCC(=O)CCCCCCC(=O)N(C)c1ccccc1. The lowest BCUT2D eigenvalue weighted by atomic mass is 10.0. The van der Waals surface area contributed by atoms with E-state index in [1.807, 2.05) is 58.0 Å². The Balaban J connectivity index is 0.00000529. The molecular weight excluding hydrogens is 428 g/mol. The van der Waals surface area contributed by atoms with Crippen LogP contribution in [0, 0.1) is 5.92 Å². The largest absolute Gasteiger partial charge is 0.349 e. The maximum absolute atomic E-state index is 12.2. The number of rotatable bonds is 17. The molecule has 192 valence electrons.